The summed E-state index contributed by atoms with van der Waals surface area (Å²) in [4.78, 5) is 21.7. The zero-order chi connectivity index (χ0) is 9.84. The zero-order valence-electron chi connectivity index (χ0n) is 7.61. The summed E-state index contributed by atoms with van der Waals surface area (Å²) in [6.45, 7) is 1.63. The van der Waals surface area contributed by atoms with Gasteiger partial charge in [0.25, 0.3) is 0 Å². The van der Waals surface area contributed by atoms with Gasteiger partial charge in [-0.05, 0) is 13.0 Å². The SMILES string of the molecule is COC(=O)Cn1ccc(C(C)=O)c1. The highest BCUT2D eigenvalue weighted by Gasteiger charge is 2.04. The summed E-state index contributed by atoms with van der Waals surface area (Å²) in [5.74, 6) is -0.339. The Hall–Kier alpha value is -1.58. The molecule has 1 aromatic rings. The predicted octanol–water partition coefficient (Wildman–Crippen LogP) is 0.864. The Morgan fingerprint density at radius 2 is 2.23 bits per heavy atom. The van der Waals surface area contributed by atoms with Crippen LogP contribution in [-0.2, 0) is 16.1 Å². The fourth-order valence-electron chi connectivity index (χ4n) is 0.961. The van der Waals surface area contributed by atoms with Gasteiger partial charge in [-0.2, -0.15) is 0 Å². The normalized spacial score (nSPS) is 9.69. The molecule has 13 heavy (non-hydrogen) atoms. The van der Waals surface area contributed by atoms with E-state index in [9.17, 15) is 9.59 Å². The van der Waals surface area contributed by atoms with E-state index in [0.717, 1.165) is 0 Å². The highest BCUT2D eigenvalue weighted by atomic mass is 16.5. The lowest BCUT2D eigenvalue weighted by molar-refractivity contribution is -0.141. The van der Waals surface area contributed by atoms with E-state index in [2.05, 4.69) is 4.74 Å². The summed E-state index contributed by atoms with van der Waals surface area (Å²) >= 11 is 0. The van der Waals surface area contributed by atoms with E-state index in [1.807, 2.05) is 0 Å². The van der Waals surface area contributed by atoms with Crippen LogP contribution in [0, 0.1) is 0 Å². The van der Waals surface area contributed by atoms with E-state index in [0.29, 0.717) is 5.56 Å². The van der Waals surface area contributed by atoms with Crippen molar-refractivity contribution >= 4 is 11.8 Å². The van der Waals surface area contributed by atoms with E-state index in [1.165, 1.54) is 14.0 Å². The molecule has 0 N–H and O–H groups in total. The van der Waals surface area contributed by atoms with Crippen LogP contribution in [0.1, 0.15) is 17.3 Å². The molecular weight excluding hydrogens is 170 g/mol. The molecule has 0 bridgehead atoms. The largest absolute Gasteiger partial charge is 0.468 e. The molecule has 0 aromatic carbocycles. The number of ether oxygens (including phenoxy) is 1. The Kier molecular flexibility index (Phi) is 2.84. The molecule has 0 aliphatic carbocycles. The van der Waals surface area contributed by atoms with E-state index < -0.39 is 0 Å². The molecule has 70 valence electrons. The quantitative estimate of drug-likeness (QED) is 0.513. The Balaban J connectivity index is 2.69. The molecular formula is C9H11NO3. The minimum atomic E-state index is -0.328. The molecule has 0 aliphatic rings. The van der Waals surface area contributed by atoms with Crippen LogP contribution in [0.5, 0.6) is 0 Å². The maximum Gasteiger partial charge on any atom is 0.325 e. The van der Waals surface area contributed by atoms with Gasteiger partial charge in [-0.15, -0.1) is 0 Å². The number of methoxy groups -OCH3 is 1. The molecule has 0 saturated heterocycles. The Bertz CT molecular complexity index is 327. The van der Waals surface area contributed by atoms with Gasteiger partial charge >= 0.3 is 5.97 Å². The second kappa shape index (κ2) is 3.89. The van der Waals surface area contributed by atoms with Gasteiger partial charge in [0.05, 0.1) is 7.11 Å². The summed E-state index contributed by atoms with van der Waals surface area (Å²) in [6.07, 6.45) is 3.30. The van der Waals surface area contributed by atoms with Gasteiger partial charge in [0.1, 0.15) is 6.54 Å². The minimum absolute atomic E-state index is 0.0105. The van der Waals surface area contributed by atoms with Crippen molar-refractivity contribution in [3.05, 3.63) is 24.0 Å². The van der Waals surface area contributed by atoms with Crippen LogP contribution in [-0.4, -0.2) is 23.4 Å². The fraction of sp³-hybridized carbons (Fsp3) is 0.333. The number of hydrogen-bond acceptors (Lipinski definition) is 3. The first-order valence-electron chi connectivity index (χ1n) is 3.87. The first-order chi connectivity index (χ1) is 6.13. The summed E-state index contributed by atoms with van der Waals surface area (Å²) < 4.78 is 6.09. The molecule has 0 aliphatic heterocycles. The average Bonchev–Trinajstić information content (AvgIpc) is 2.52. The van der Waals surface area contributed by atoms with Crippen LogP contribution in [0.15, 0.2) is 18.5 Å². The maximum absolute atomic E-state index is 10.9. The van der Waals surface area contributed by atoms with Crippen molar-refractivity contribution in [3.8, 4) is 0 Å². The van der Waals surface area contributed by atoms with E-state index >= 15 is 0 Å². The number of hydrogen-bond donors (Lipinski definition) is 0. The third-order valence-corrected chi connectivity index (χ3v) is 1.70. The Morgan fingerprint density at radius 3 is 2.69 bits per heavy atom. The summed E-state index contributed by atoms with van der Waals surface area (Å²) in [7, 11) is 1.33. The second-order valence-electron chi connectivity index (χ2n) is 2.70. The number of carbonyl (C=O) groups is 2. The van der Waals surface area contributed by atoms with Gasteiger partial charge in [0, 0.05) is 18.0 Å². The number of rotatable bonds is 3. The topological polar surface area (TPSA) is 48.3 Å². The van der Waals surface area contributed by atoms with Gasteiger partial charge < -0.3 is 9.30 Å². The van der Waals surface area contributed by atoms with Crippen molar-refractivity contribution in [2.75, 3.05) is 7.11 Å². The third-order valence-electron chi connectivity index (χ3n) is 1.70. The van der Waals surface area contributed by atoms with Gasteiger partial charge in [0.2, 0.25) is 0 Å². The van der Waals surface area contributed by atoms with Crippen LogP contribution in [0.2, 0.25) is 0 Å². The van der Waals surface area contributed by atoms with E-state index in [1.54, 1.807) is 23.0 Å². The van der Waals surface area contributed by atoms with Crippen molar-refractivity contribution in [1.29, 1.82) is 0 Å². The number of ketones is 1. The van der Waals surface area contributed by atoms with Crippen molar-refractivity contribution in [2.24, 2.45) is 0 Å². The van der Waals surface area contributed by atoms with Crippen LogP contribution in [0.3, 0.4) is 0 Å². The van der Waals surface area contributed by atoms with Gasteiger partial charge in [0.15, 0.2) is 5.78 Å². The van der Waals surface area contributed by atoms with E-state index in [-0.39, 0.29) is 18.3 Å². The molecule has 0 fully saturated rings. The molecule has 1 rings (SSSR count). The number of aromatic nitrogens is 1. The maximum atomic E-state index is 10.9. The summed E-state index contributed by atoms with van der Waals surface area (Å²) in [6, 6.07) is 1.67. The first kappa shape index (κ1) is 9.51. The second-order valence-corrected chi connectivity index (χ2v) is 2.70. The minimum Gasteiger partial charge on any atom is -0.468 e. The van der Waals surface area contributed by atoms with Crippen LogP contribution < -0.4 is 0 Å². The number of carbonyl (C=O) groups excluding carboxylic acids is 2. The molecule has 0 atom stereocenters. The van der Waals surface area contributed by atoms with Gasteiger partial charge in [-0.3, -0.25) is 9.59 Å². The average molecular weight is 181 g/mol. The Morgan fingerprint density at radius 1 is 1.54 bits per heavy atom. The lowest BCUT2D eigenvalue weighted by atomic mass is 10.2. The monoisotopic (exact) mass is 181 g/mol. The third kappa shape index (κ3) is 2.43. The summed E-state index contributed by atoms with van der Waals surface area (Å²) in [5.41, 5.74) is 0.601. The summed E-state index contributed by atoms with van der Waals surface area (Å²) in [5, 5.41) is 0. The highest BCUT2D eigenvalue weighted by Crippen LogP contribution is 2.02. The van der Waals surface area contributed by atoms with Crippen molar-refractivity contribution in [1.82, 2.24) is 4.57 Å². The van der Waals surface area contributed by atoms with Crippen LogP contribution >= 0.6 is 0 Å². The number of nitrogens with zero attached hydrogens (tertiary/aromatic N) is 1. The molecule has 0 saturated carbocycles. The molecule has 0 radical (unpaired) electrons. The molecule has 1 heterocycles. The standard InChI is InChI=1S/C9H11NO3/c1-7(11)8-3-4-10(5-8)6-9(12)13-2/h3-5H,6H2,1-2H3. The zero-order valence-corrected chi connectivity index (χ0v) is 7.61. The molecule has 4 nitrogen and oxygen atoms in total. The lowest BCUT2D eigenvalue weighted by Crippen LogP contribution is -2.09. The molecule has 4 heteroatoms. The smallest absolute Gasteiger partial charge is 0.325 e. The molecule has 0 amide bonds. The van der Waals surface area contributed by atoms with Gasteiger partial charge in [-0.25, -0.2) is 0 Å². The van der Waals surface area contributed by atoms with Crippen LogP contribution in [0.25, 0.3) is 0 Å². The highest BCUT2D eigenvalue weighted by molar-refractivity contribution is 5.93. The number of Topliss-reactive ketones (excluding diaryl/α,β-unsaturated/α-hetero) is 1. The van der Waals surface area contributed by atoms with Crippen molar-refractivity contribution in [2.45, 2.75) is 13.5 Å². The first-order valence-corrected chi connectivity index (χ1v) is 3.87. The molecule has 0 unspecified atom stereocenters. The lowest BCUT2D eigenvalue weighted by Gasteiger charge is -1.99. The molecule has 1 aromatic heterocycles. The number of esters is 1. The fourth-order valence-corrected chi connectivity index (χ4v) is 0.961. The van der Waals surface area contributed by atoms with Crippen LogP contribution in [0.4, 0.5) is 0 Å². The van der Waals surface area contributed by atoms with Crippen molar-refractivity contribution in [3.63, 3.8) is 0 Å². The Labute approximate surface area is 76.1 Å². The van der Waals surface area contributed by atoms with Gasteiger partial charge in [-0.1, -0.05) is 0 Å². The molecule has 0 spiro atoms. The van der Waals surface area contributed by atoms with Crippen molar-refractivity contribution < 1.29 is 14.3 Å². The van der Waals surface area contributed by atoms with E-state index in [4.69, 9.17) is 0 Å². The predicted molar refractivity (Wildman–Crippen MR) is 46.5 cm³/mol.